The van der Waals surface area contributed by atoms with Crippen molar-refractivity contribution in [2.24, 2.45) is 0 Å². The van der Waals surface area contributed by atoms with Crippen LogP contribution in [0, 0.1) is 5.82 Å². The zero-order chi connectivity index (χ0) is 14.1. The summed E-state index contributed by atoms with van der Waals surface area (Å²) in [6.45, 7) is 2.38. The molecule has 2 saturated heterocycles. The Morgan fingerprint density at radius 2 is 2.20 bits per heavy atom. The minimum atomic E-state index is -0.416. The Labute approximate surface area is 119 Å². The fourth-order valence-electron chi connectivity index (χ4n) is 3.43. The average Bonchev–Trinajstić information content (AvgIpc) is 2.89. The molecule has 4 nitrogen and oxygen atoms in total. The predicted molar refractivity (Wildman–Crippen MR) is 78.6 cm³/mol. The standard InChI is InChI=1S/C15H22FN3O/c1-20-15-9-14(13(17)8-12(15)16)18-10-4-6-19-5-2-3-11(19)7-10/h8-11,18H,2-7,17H2,1H3. The SMILES string of the molecule is COc1cc(NC2CCN3CCCC3C2)c(N)cc1F. The Kier molecular flexibility index (Phi) is 3.70. The average molecular weight is 279 g/mol. The van der Waals surface area contributed by atoms with Crippen LogP contribution in [0.15, 0.2) is 12.1 Å². The van der Waals surface area contributed by atoms with Gasteiger partial charge < -0.3 is 20.7 Å². The molecule has 0 radical (unpaired) electrons. The van der Waals surface area contributed by atoms with Crippen molar-refractivity contribution in [3.63, 3.8) is 0 Å². The van der Waals surface area contributed by atoms with E-state index in [9.17, 15) is 4.39 Å². The van der Waals surface area contributed by atoms with Gasteiger partial charge in [0.25, 0.3) is 0 Å². The van der Waals surface area contributed by atoms with Crippen molar-refractivity contribution in [1.82, 2.24) is 4.90 Å². The first-order chi connectivity index (χ1) is 9.67. The highest BCUT2D eigenvalue weighted by molar-refractivity contribution is 5.69. The Morgan fingerprint density at radius 3 is 3.00 bits per heavy atom. The number of ether oxygens (including phenoxy) is 1. The van der Waals surface area contributed by atoms with E-state index in [1.165, 1.54) is 32.6 Å². The molecule has 3 N–H and O–H groups in total. The summed E-state index contributed by atoms with van der Waals surface area (Å²) >= 11 is 0. The minimum absolute atomic E-state index is 0.236. The first-order valence-corrected chi connectivity index (χ1v) is 7.31. The number of fused-ring (bicyclic) bond motifs is 1. The Morgan fingerprint density at radius 1 is 1.35 bits per heavy atom. The smallest absolute Gasteiger partial charge is 0.167 e. The van der Waals surface area contributed by atoms with Crippen molar-refractivity contribution >= 4 is 11.4 Å². The van der Waals surface area contributed by atoms with Gasteiger partial charge in [-0.2, -0.15) is 0 Å². The molecule has 0 saturated carbocycles. The highest BCUT2D eigenvalue weighted by Gasteiger charge is 2.31. The Hall–Kier alpha value is -1.49. The highest BCUT2D eigenvalue weighted by atomic mass is 19.1. The number of nitrogens with zero attached hydrogens (tertiary/aromatic N) is 1. The quantitative estimate of drug-likeness (QED) is 0.835. The highest BCUT2D eigenvalue weighted by Crippen LogP contribution is 2.32. The molecule has 0 bridgehead atoms. The first kappa shape index (κ1) is 13.5. The van der Waals surface area contributed by atoms with E-state index in [0.29, 0.717) is 17.8 Å². The summed E-state index contributed by atoms with van der Waals surface area (Å²) < 4.78 is 18.6. The van der Waals surface area contributed by atoms with E-state index >= 15 is 0 Å². The Balaban J connectivity index is 1.71. The van der Waals surface area contributed by atoms with Gasteiger partial charge in [0.1, 0.15) is 0 Å². The summed E-state index contributed by atoms with van der Waals surface area (Å²) in [5.74, 6) is -0.179. The molecule has 1 aromatic carbocycles. The number of halogens is 1. The fourth-order valence-corrected chi connectivity index (χ4v) is 3.43. The van der Waals surface area contributed by atoms with Crippen LogP contribution in [-0.4, -0.2) is 37.2 Å². The van der Waals surface area contributed by atoms with Gasteiger partial charge in [0, 0.05) is 30.8 Å². The van der Waals surface area contributed by atoms with Gasteiger partial charge >= 0.3 is 0 Å². The molecule has 2 aliphatic rings. The van der Waals surface area contributed by atoms with Gasteiger partial charge in [-0.05, 0) is 32.2 Å². The summed E-state index contributed by atoms with van der Waals surface area (Å²) in [6.07, 6.45) is 4.85. The van der Waals surface area contributed by atoms with Crippen molar-refractivity contribution in [2.75, 3.05) is 31.2 Å². The number of nitrogen functional groups attached to an aromatic ring is 1. The third-order valence-electron chi connectivity index (χ3n) is 4.50. The largest absolute Gasteiger partial charge is 0.494 e. The summed E-state index contributed by atoms with van der Waals surface area (Å²) in [5.41, 5.74) is 7.12. The summed E-state index contributed by atoms with van der Waals surface area (Å²) in [7, 11) is 1.47. The molecular weight excluding hydrogens is 257 g/mol. The number of nitrogens with two attached hydrogens (primary N) is 1. The van der Waals surface area contributed by atoms with Gasteiger partial charge in [0.05, 0.1) is 18.5 Å². The maximum Gasteiger partial charge on any atom is 0.167 e. The second-order valence-electron chi connectivity index (χ2n) is 5.77. The number of piperidine rings is 1. The minimum Gasteiger partial charge on any atom is -0.494 e. The molecule has 0 aliphatic carbocycles. The molecule has 2 unspecified atom stereocenters. The van der Waals surface area contributed by atoms with Crippen LogP contribution in [0.5, 0.6) is 5.75 Å². The lowest BCUT2D eigenvalue weighted by molar-refractivity contribution is 0.188. The number of methoxy groups -OCH3 is 1. The maximum atomic E-state index is 13.5. The molecule has 5 heteroatoms. The lowest BCUT2D eigenvalue weighted by Gasteiger charge is -2.35. The van der Waals surface area contributed by atoms with Gasteiger partial charge in [0.15, 0.2) is 11.6 Å². The fraction of sp³-hybridized carbons (Fsp3) is 0.600. The predicted octanol–water partition coefficient (Wildman–Crippen LogP) is 2.46. The molecule has 2 atom stereocenters. The first-order valence-electron chi connectivity index (χ1n) is 7.31. The molecule has 2 heterocycles. The molecule has 0 amide bonds. The van der Waals surface area contributed by atoms with E-state index in [2.05, 4.69) is 10.2 Å². The third-order valence-corrected chi connectivity index (χ3v) is 4.50. The van der Waals surface area contributed by atoms with Crippen LogP contribution in [0.4, 0.5) is 15.8 Å². The number of nitrogens with one attached hydrogen (secondary N) is 1. The lowest BCUT2D eigenvalue weighted by Crippen LogP contribution is -2.42. The van der Waals surface area contributed by atoms with Gasteiger partial charge in [-0.25, -0.2) is 4.39 Å². The van der Waals surface area contributed by atoms with Crippen molar-refractivity contribution in [2.45, 2.75) is 37.8 Å². The van der Waals surface area contributed by atoms with Gasteiger partial charge in [0.2, 0.25) is 0 Å². The topological polar surface area (TPSA) is 50.5 Å². The number of hydrogen-bond acceptors (Lipinski definition) is 4. The molecule has 0 aromatic heterocycles. The van der Waals surface area contributed by atoms with Crippen LogP contribution in [0.2, 0.25) is 0 Å². The van der Waals surface area contributed by atoms with Crippen LogP contribution in [0.3, 0.4) is 0 Å². The van der Waals surface area contributed by atoms with Crippen molar-refractivity contribution in [1.29, 1.82) is 0 Å². The van der Waals surface area contributed by atoms with Crippen molar-refractivity contribution < 1.29 is 9.13 Å². The van der Waals surface area contributed by atoms with E-state index in [1.54, 1.807) is 6.07 Å². The van der Waals surface area contributed by atoms with E-state index in [0.717, 1.165) is 25.1 Å². The molecule has 2 fully saturated rings. The number of anilines is 2. The Bertz CT molecular complexity index is 494. The molecule has 2 aliphatic heterocycles. The summed E-state index contributed by atoms with van der Waals surface area (Å²) in [4.78, 5) is 2.58. The third kappa shape index (κ3) is 2.54. The van der Waals surface area contributed by atoms with Crippen LogP contribution in [0.1, 0.15) is 25.7 Å². The van der Waals surface area contributed by atoms with Crippen molar-refractivity contribution in [3.8, 4) is 5.75 Å². The van der Waals surface area contributed by atoms with E-state index in [4.69, 9.17) is 10.5 Å². The molecule has 110 valence electrons. The summed E-state index contributed by atoms with van der Waals surface area (Å²) in [6, 6.07) is 4.09. The van der Waals surface area contributed by atoms with Crippen LogP contribution in [-0.2, 0) is 0 Å². The second-order valence-corrected chi connectivity index (χ2v) is 5.77. The zero-order valence-electron chi connectivity index (χ0n) is 11.9. The zero-order valence-corrected chi connectivity index (χ0v) is 11.9. The van der Waals surface area contributed by atoms with Gasteiger partial charge in [-0.1, -0.05) is 0 Å². The molecule has 1 aromatic rings. The van der Waals surface area contributed by atoms with Gasteiger partial charge in [-0.15, -0.1) is 0 Å². The van der Waals surface area contributed by atoms with Crippen LogP contribution >= 0.6 is 0 Å². The number of hydrogen-bond donors (Lipinski definition) is 2. The van der Waals surface area contributed by atoms with E-state index in [1.807, 2.05) is 0 Å². The molecule has 0 spiro atoms. The normalized spacial score (nSPS) is 26.3. The van der Waals surface area contributed by atoms with Crippen LogP contribution < -0.4 is 15.8 Å². The monoisotopic (exact) mass is 279 g/mol. The molecular formula is C15H22FN3O. The maximum absolute atomic E-state index is 13.5. The van der Waals surface area contributed by atoms with E-state index < -0.39 is 5.82 Å². The van der Waals surface area contributed by atoms with Gasteiger partial charge in [-0.3, -0.25) is 0 Å². The van der Waals surface area contributed by atoms with E-state index in [-0.39, 0.29) is 5.75 Å². The number of rotatable bonds is 3. The molecule has 20 heavy (non-hydrogen) atoms. The summed E-state index contributed by atoms with van der Waals surface area (Å²) in [5, 5.41) is 3.47. The van der Waals surface area contributed by atoms with Crippen molar-refractivity contribution in [3.05, 3.63) is 17.9 Å². The number of benzene rings is 1. The lowest BCUT2D eigenvalue weighted by atomic mass is 9.97. The second kappa shape index (κ2) is 5.48. The van der Waals surface area contributed by atoms with Crippen LogP contribution in [0.25, 0.3) is 0 Å². The molecule has 3 rings (SSSR count).